The predicted molar refractivity (Wildman–Crippen MR) is 136 cm³/mol. The largest absolute Gasteiger partial charge is 0.488 e. The fraction of sp³-hybridized carbons (Fsp3) is 0.111. The van der Waals surface area contributed by atoms with Crippen LogP contribution >= 0.6 is 12.2 Å². The van der Waals surface area contributed by atoms with Crippen molar-refractivity contribution >= 4 is 46.9 Å². The Bertz CT molecular complexity index is 1350. The Morgan fingerprint density at radius 3 is 2.49 bits per heavy atom. The Morgan fingerprint density at radius 2 is 1.77 bits per heavy atom. The number of ether oxygens (including phenoxy) is 1. The summed E-state index contributed by atoms with van der Waals surface area (Å²) < 4.78 is 5.91. The Morgan fingerprint density at radius 1 is 1.03 bits per heavy atom. The molecule has 0 radical (unpaired) electrons. The lowest BCUT2D eigenvalue weighted by molar-refractivity contribution is -0.122. The van der Waals surface area contributed by atoms with E-state index in [1.165, 1.54) is 23.1 Å². The van der Waals surface area contributed by atoms with E-state index in [1.54, 1.807) is 48.5 Å². The minimum absolute atomic E-state index is 0.0178. The van der Waals surface area contributed by atoms with Gasteiger partial charge in [0, 0.05) is 5.56 Å². The van der Waals surface area contributed by atoms with Crippen LogP contribution in [0, 0.1) is 0 Å². The number of amides is 2. The Kier molecular flexibility index (Phi) is 7.03. The third kappa shape index (κ3) is 5.28. The molecule has 1 heterocycles. The first-order chi connectivity index (χ1) is 16.9. The van der Waals surface area contributed by atoms with Crippen LogP contribution in [0.25, 0.3) is 6.08 Å². The molecule has 35 heavy (non-hydrogen) atoms. The summed E-state index contributed by atoms with van der Waals surface area (Å²) in [4.78, 5) is 38.5. The molecule has 7 nitrogen and oxygen atoms in total. The maximum Gasteiger partial charge on any atom is 0.335 e. The van der Waals surface area contributed by atoms with Gasteiger partial charge in [0.1, 0.15) is 17.9 Å². The van der Waals surface area contributed by atoms with Gasteiger partial charge in [-0.25, -0.2) is 4.79 Å². The number of nitrogens with zero attached hydrogens (tertiary/aromatic N) is 1. The Balaban J connectivity index is 1.61. The number of hydrogen-bond donors (Lipinski definition) is 2. The summed E-state index contributed by atoms with van der Waals surface area (Å²) in [5.74, 6) is -1.71. The number of carboxylic acids is 1. The summed E-state index contributed by atoms with van der Waals surface area (Å²) in [6.07, 6.45) is 2.33. The average Bonchev–Trinajstić information content (AvgIpc) is 2.86. The Hall–Kier alpha value is -4.30. The standard InChI is InChI=1S/C27H22N2O5S/c1-2-17-10-12-21(13-11-17)29-25(31)22(24(30)28-27(29)35)15-19-7-3-4-9-23(19)34-16-18-6-5-8-20(14-18)26(32)33/h3-15H,2,16H2,1H3,(H,32,33)(H,28,30,35)/b22-15+. The van der Waals surface area contributed by atoms with Gasteiger partial charge in [0.2, 0.25) is 0 Å². The molecule has 8 heteroatoms. The van der Waals surface area contributed by atoms with Crippen LogP contribution in [0.4, 0.5) is 5.69 Å². The summed E-state index contributed by atoms with van der Waals surface area (Å²) in [6, 6.07) is 20.8. The molecule has 3 aromatic carbocycles. The minimum Gasteiger partial charge on any atom is -0.488 e. The lowest BCUT2D eigenvalue weighted by Crippen LogP contribution is -2.54. The van der Waals surface area contributed by atoms with Crippen LogP contribution in [0.15, 0.2) is 78.4 Å². The van der Waals surface area contributed by atoms with Crippen LogP contribution in [-0.4, -0.2) is 28.0 Å². The van der Waals surface area contributed by atoms with Crippen LogP contribution in [0.3, 0.4) is 0 Å². The maximum atomic E-state index is 13.3. The van der Waals surface area contributed by atoms with E-state index in [4.69, 9.17) is 17.0 Å². The number of nitrogens with one attached hydrogen (secondary N) is 1. The van der Waals surface area contributed by atoms with Gasteiger partial charge >= 0.3 is 5.97 Å². The van der Waals surface area contributed by atoms with Crippen molar-refractivity contribution in [1.29, 1.82) is 0 Å². The van der Waals surface area contributed by atoms with Crippen LogP contribution in [0.1, 0.15) is 34.0 Å². The van der Waals surface area contributed by atoms with Gasteiger partial charge in [0.25, 0.3) is 11.8 Å². The predicted octanol–water partition coefficient (Wildman–Crippen LogP) is 4.36. The molecule has 0 atom stereocenters. The number of carbonyl (C=O) groups excluding carboxylic acids is 2. The molecular formula is C27H22N2O5S. The van der Waals surface area contributed by atoms with Gasteiger partial charge in [-0.2, -0.15) is 0 Å². The molecule has 176 valence electrons. The van der Waals surface area contributed by atoms with E-state index in [-0.39, 0.29) is 22.9 Å². The molecule has 1 fully saturated rings. The van der Waals surface area contributed by atoms with Crippen molar-refractivity contribution in [3.8, 4) is 5.75 Å². The van der Waals surface area contributed by atoms with E-state index in [1.807, 2.05) is 19.1 Å². The van der Waals surface area contributed by atoms with Crippen LogP contribution < -0.4 is 15.0 Å². The van der Waals surface area contributed by atoms with Gasteiger partial charge in [-0.05, 0) is 66.2 Å². The maximum absolute atomic E-state index is 13.3. The van der Waals surface area contributed by atoms with E-state index in [2.05, 4.69) is 5.32 Å². The third-order valence-electron chi connectivity index (χ3n) is 5.49. The molecule has 2 N–H and O–H groups in total. The highest BCUT2D eigenvalue weighted by atomic mass is 32.1. The molecule has 0 aromatic heterocycles. The molecule has 1 saturated heterocycles. The second kappa shape index (κ2) is 10.3. The molecule has 1 aliphatic heterocycles. The van der Waals surface area contributed by atoms with Crippen molar-refractivity contribution in [2.45, 2.75) is 20.0 Å². The van der Waals surface area contributed by atoms with Crippen molar-refractivity contribution in [3.05, 3.63) is 101 Å². The van der Waals surface area contributed by atoms with Gasteiger partial charge < -0.3 is 9.84 Å². The first kappa shape index (κ1) is 23.8. The third-order valence-corrected chi connectivity index (χ3v) is 5.78. The first-order valence-corrected chi connectivity index (χ1v) is 11.3. The summed E-state index contributed by atoms with van der Waals surface area (Å²) in [6.45, 7) is 2.15. The quantitative estimate of drug-likeness (QED) is 0.293. The Labute approximate surface area is 207 Å². The zero-order valence-corrected chi connectivity index (χ0v) is 19.7. The lowest BCUT2D eigenvalue weighted by Gasteiger charge is -2.29. The van der Waals surface area contributed by atoms with Gasteiger partial charge in [0.15, 0.2) is 5.11 Å². The molecule has 0 aliphatic carbocycles. The normalized spacial score (nSPS) is 14.7. The number of carboxylic acid groups (broad SMARTS) is 1. The van der Waals surface area contributed by atoms with E-state index in [0.717, 1.165) is 12.0 Å². The average molecular weight is 487 g/mol. The SMILES string of the molecule is CCc1ccc(N2C(=O)/C(=C/c3ccccc3OCc3cccc(C(=O)O)c3)C(=O)NC2=S)cc1. The van der Waals surface area contributed by atoms with Crippen molar-refractivity contribution in [2.75, 3.05) is 4.90 Å². The lowest BCUT2D eigenvalue weighted by atomic mass is 10.1. The number of rotatable bonds is 7. The molecule has 1 aliphatic rings. The van der Waals surface area contributed by atoms with E-state index in [9.17, 15) is 19.5 Å². The fourth-order valence-electron chi connectivity index (χ4n) is 3.61. The zero-order valence-electron chi connectivity index (χ0n) is 18.9. The summed E-state index contributed by atoms with van der Waals surface area (Å²) in [5.41, 5.74) is 2.95. The minimum atomic E-state index is -1.02. The first-order valence-electron chi connectivity index (χ1n) is 10.9. The topological polar surface area (TPSA) is 95.9 Å². The van der Waals surface area contributed by atoms with Crippen molar-refractivity contribution in [1.82, 2.24) is 5.32 Å². The molecule has 0 saturated carbocycles. The molecular weight excluding hydrogens is 464 g/mol. The highest BCUT2D eigenvalue weighted by Crippen LogP contribution is 2.26. The number of anilines is 1. The van der Waals surface area contributed by atoms with Crippen LogP contribution in [0.2, 0.25) is 0 Å². The van der Waals surface area contributed by atoms with E-state index < -0.39 is 17.8 Å². The number of benzene rings is 3. The molecule has 4 rings (SSSR count). The van der Waals surface area contributed by atoms with Crippen molar-refractivity contribution < 1.29 is 24.2 Å². The summed E-state index contributed by atoms with van der Waals surface area (Å²) >= 11 is 5.27. The number of carbonyl (C=O) groups is 3. The fourth-order valence-corrected chi connectivity index (χ4v) is 3.90. The zero-order chi connectivity index (χ0) is 24.9. The highest BCUT2D eigenvalue weighted by Gasteiger charge is 2.34. The van der Waals surface area contributed by atoms with E-state index in [0.29, 0.717) is 22.6 Å². The van der Waals surface area contributed by atoms with Crippen molar-refractivity contribution in [3.63, 3.8) is 0 Å². The number of aromatic carboxylic acids is 1. The number of para-hydroxylation sites is 1. The second-order valence-electron chi connectivity index (χ2n) is 7.81. The summed E-state index contributed by atoms with van der Waals surface area (Å²) in [7, 11) is 0. The molecule has 0 bridgehead atoms. The monoisotopic (exact) mass is 486 g/mol. The number of thiocarbonyl (C=S) groups is 1. The number of aryl methyl sites for hydroxylation is 1. The van der Waals surface area contributed by atoms with Gasteiger partial charge in [0.05, 0.1) is 11.3 Å². The second-order valence-corrected chi connectivity index (χ2v) is 8.20. The van der Waals surface area contributed by atoms with Gasteiger partial charge in [-0.15, -0.1) is 0 Å². The summed E-state index contributed by atoms with van der Waals surface area (Å²) in [5, 5.41) is 11.8. The van der Waals surface area contributed by atoms with Gasteiger partial charge in [-0.1, -0.05) is 49.4 Å². The molecule has 2 amide bonds. The molecule has 3 aromatic rings. The number of hydrogen-bond acceptors (Lipinski definition) is 5. The molecule has 0 spiro atoms. The molecule has 0 unspecified atom stereocenters. The highest BCUT2D eigenvalue weighted by molar-refractivity contribution is 7.80. The van der Waals surface area contributed by atoms with Crippen LogP contribution in [-0.2, 0) is 22.6 Å². The van der Waals surface area contributed by atoms with E-state index >= 15 is 0 Å². The van der Waals surface area contributed by atoms with Crippen LogP contribution in [0.5, 0.6) is 5.75 Å². The van der Waals surface area contributed by atoms with Gasteiger partial charge in [-0.3, -0.25) is 19.8 Å². The van der Waals surface area contributed by atoms with Crippen molar-refractivity contribution in [2.24, 2.45) is 0 Å². The smallest absolute Gasteiger partial charge is 0.335 e.